The largest absolute Gasteiger partial charge is 0.465 e. The second-order valence-corrected chi connectivity index (χ2v) is 14.1. The fourth-order valence-electron chi connectivity index (χ4n) is 5.89. The molecule has 0 unspecified atom stereocenters. The van der Waals surface area contributed by atoms with Gasteiger partial charge in [-0.05, 0) is 57.6 Å². The highest BCUT2D eigenvalue weighted by molar-refractivity contribution is 7.21. The standard InChI is InChI=1S/C21H14ClNO2S.C21H16N2O2S/c2*1-25-21(24)18-11-16-17(12-23-20(22)19(16)26-18)15-9-5-8-14(10-15)13-6-3-2-4-7-13/h2-12H,1H3;2-12H,1H3,(H2,22,23). The number of carbonyl (C=O) groups excluding carboxylic acids is 2. The number of halogens is 1. The van der Waals surface area contributed by atoms with Gasteiger partial charge in [-0.1, -0.05) is 109 Å². The van der Waals surface area contributed by atoms with Crippen LogP contribution in [0.4, 0.5) is 5.82 Å². The van der Waals surface area contributed by atoms with Gasteiger partial charge in [0.15, 0.2) is 0 Å². The van der Waals surface area contributed by atoms with E-state index in [2.05, 4.69) is 58.5 Å². The minimum Gasteiger partial charge on any atom is -0.465 e. The zero-order valence-electron chi connectivity index (χ0n) is 28.0. The summed E-state index contributed by atoms with van der Waals surface area (Å²) in [5, 5.41) is 2.21. The number of hydrogen-bond donors (Lipinski definition) is 1. The van der Waals surface area contributed by atoms with E-state index in [9.17, 15) is 9.59 Å². The van der Waals surface area contributed by atoms with Gasteiger partial charge in [-0.3, -0.25) is 0 Å². The molecule has 0 fully saturated rings. The molecule has 4 heterocycles. The third-order valence-electron chi connectivity index (χ3n) is 8.44. The summed E-state index contributed by atoms with van der Waals surface area (Å²) in [6.07, 6.45) is 3.51. The molecular formula is C42H30ClN3O4S2. The van der Waals surface area contributed by atoms with Crippen LogP contribution < -0.4 is 5.73 Å². The summed E-state index contributed by atoms with van der Waals surface area (Å²) in [6, 6.07) is 40.6. The van der Waals surface area contributed by atoms with Crippen LogP contribution in [0.25, 0.3) is 64.7 Å². The number of aromatic nitrogens is 2. The lowest BCUT2D eigenvalue weighted by Crippen LogP contribution is -1.96. The van der Waals surface area contributed by atoms with Crippen LogP contribution in [0.3, 0.4) is 0 Å². The van der Waals surface area contributed by atoms with Gasteiger partial charge in [-0.2, -0.15) is 0 Å². The van der Waals surface area contributed by atoms with Crippen LogP contribution in [-0.2, 0) is 9.47 Å². The van der Waals surface area contributed by atoms with E-state index in [1.54, 1.807) is 12.4 Å². The molecule has 0 atom stereocenters. The van der Waals surface area contributed by atoms with Crippen molar-refractivity contribution in [3.8, 4) is 44.5 Å². The normalized spacial score (nSPS) is 10.8. The molecule has 52 heavy (non-hydrogen) atoms. The van der Waals surface area contributed by atoms with Crippen LogP contribution in [0, 0.1) is 0 Å². The van der Waals surface area contributed by atoms with Gasteiger partial charge in [-0.25, -0.2) is 19.6 Å². The molecule has 256 valence electrons. The minimum atomic E-state index is -0.369. The highest BCUT2D eigenvalue weighted by Gasteiger charge is 2.18. The van der Waals surface area contributed by atoms with Crippen molar-refractivity contribution >= 4 is 72.2 Å². The van der Waals surface area contributed by atoms with E-state index >= 15 is 0 Å². The monoisotopic (exact) mass is 739 g/mol. The number of anilines is 1. The first-order valence-electron chi connectivity index (χ1n) is 16.1. The van der Waals surface area contributed by atoms with Crippen molar-refractivity contribution in [1.29, 1.82) is 0 Å². The lowest BCUT2D eigenvalue weighted by molar-refractivity contribution is 0.0597. The SMILES string of the molecule is COC(=O)c1cc2c(-c3cccc(-c4ccccc4)c3)cnc(Cl)c2s1.COC(=O)c1cc2c(-c3cccc(-c4ccccc4)c3)cnc(N)c2s1. The Labute approximate surface area is 312 Å². The first-order chi connectivity index (χ1) is 25.3. The quantitative estimate of drug-likeness (QED) is 0.134. The van der Waals surface area contributed by atoms with Crippen molar-refractivity contribution in [2.24, 2.45) is 0 Å². The first-order valence-corrected chi connectivity index (χ1v) is 18.1. The zero-order valence-corrected chi connectivity index (χ0v) is 30.4. The number of methoxy groups -OCH3 is 2. The van der Waals surface area contributed by atoms with E-state index in [1.165, 1.54) is 36.9 Å². The molecule has 0 bridgehead atoms. The number of nitrogens with two attached hydrogens (primary N) is 1. The summed E-state index contributed by atoms with van der Waals surface area (Å²) >= 11 is 8.85. The van der Waals surface area contributed by atoms with Gasteiger partial charge in [0, 0.05) is 34.3 Å². The van der Waals surface area contributed by atoms with Crippen LogP contribution >= 0.6 is 34.3 Å². The smallest absolute Gasteiger partial charge is 0.348 e. The summed E-state index contributed by atoms with van der Waals surface area (Å²) in [5.41, 5.74) is 14.5. The fraction of sp³-hybridized carbons (Fsp3) is 0.0476. The van der Waals surface area contributed by atoms with Crippen molar-refractivity contribution in [2.45, 2.75) is 0 Å². The van der Waals surface area contributed by atoms with Crippen LogP contribution in [0.15, 0.2) is 134 Å². The third-order valence-corrected chi connectivity index (χ3v) is 11.1. The number of nitrogens with zero attached hydrogens (tertiary/aromatic N) is 2. The van der Waals surface area contributed by atoms with E-state index in [0.29, 0.717) is 20.7 Å². The maximum absolute atomic E-state index is 11.9. The topological polar surface area (TPSA) is 104 Å². The Morgan fingerprint density at radius 3 is 1.48 bits per heavy atom. The molecule has 0 aliphatic rings. The minimum absolute atomic E-state index is 0.366. The second kappa shape index (κ2) is 15.2. The van der Waals surface area contributed by atoms with Crippen molar-refractivity contribution in [3.05, 3.63) is 149 Å². The summed E-state index contributed by atoms with van der Waals surface area (Å²) in [5.74, 6) is -0.316. The number of hydrogen-bond acceptors (Lipinski definition) is 9. The lowest BCUT2D eigenvalue weighted by atomic mass is 9.98. The summed E-state index contributed by atoms with van der Waals surface area (Å²) < 4.78 is 11.3. The molecule has 0 aliphatic carbocycles. The van der Waals surface area contributed by atoms with E-state index in [0.717, 1.165) is 64.7 Å². The molecule has 0 radical (unpaired) electrons. The Morgan fingerprint density at radius 2 is 0.981 bits per heavy atom. The molecule has 4 aromatic carbocycles. The van der Waals surface area contributed by atoms with E-state index in [-0.39, 0.29) is 11.9 Å². The predicted octanol–water partition coefficient (Wildman–Crippen LogP) is 11.1. The van der Waals surface area contributed by atoms with Gasteiger partial charge in [0.1, 0.15) is 20.7 Å². The average Bonchev–Trinajstić information content (AvgIpc) is 3.86. The number of fused-ring (bicyclic) bond motifs is 2. The highest BCUT2D eigenvalue weighted by Crippen LogP contribution is 2.39. The van der Waals surface area contributed by atoms with Gasteiger partial charge in [0.2, 0.25) is 0 Å². The van der Waals surface area contributed by atoms with Crippen LogP contribution in [0.2, 0.25) is 5.15 Å². The van der Waals surface area contributed by atoms with Gasteiger partial charge < -0.3 is 15.2 Å². The molecule has 0 amide bonds. The molecule has 10 heteroatoms. The third kappa shape index (κ3) is 7.02. The van der Waals surface area contributed by atoms with Gasteiger partial charge in [-0.15, -0.1) is 22.7 Å². The maximum Gasteiger partial charge on any atom is 0.348 e. The number of thiophene rings is 2. The van der Waals surface area contributed by atoms with Crippen LogP contribution in [0.1, 0.15) is 19.3 Å². The summed E-state index contributed by atoms with van der Waals surface area (Å²) in [4.78, 5) is 33.5. The van der Waals surface area contributed by atoms with Gasteiger partial charge >= 0.3 is 11.9 Å². The molecule has 0 saturated carbocycles. The van der Waals surface area contributed by atoms with E-state index in [4.69, 9.17) is 26.8 Å². The van der Waals surface area contributed by atoms with Crippen LogP contribution in [-0.4, -0.2) is 36.1 Å². The Hall–Kier alpha value is -5.87. The Kier molecular flexibility index (Phi) is 10.1. The fourth-order valence-corrected chi connectivity index (χ4v) is 8.14. The van der Waals surface area contributed by atoms with Crippen LogP contribution in [0.5, 0.6) is 0 Å². The number of nitrogen functional groups attached to an aromatic ring is 1. The Bertz CT molecular complexity index is 2390. The summed E-state index contributed by atoms with van der Waals surface area (Å²) in [6.45, 7) is 0. The lowest BCUT2D eigenvalue weighted by Gasteiger charge is -2.08. The van der Waals surface area contributed by atoms with Gasteiger partial charge in [0.25, 0.3) is 0 Å². The predicted molar refractivity (Wildman–Crippen MR) is 213 cm³/mol. The molecule has 0 saturated heterocycles. The van der Waals surface area contributed by atoms with Crippen molar-refractivity contribution in [1.82, 2.24) is 9.97 Å². The number of benzene rings is 4. The van der Waals surface area contributed by atoms with E-state index in [1.807, 2.05) is 72.8 Å². The molecule has 7 nitrogen and oxygen atoms in total. The Balaban J connectivity index is 0.000000162. The number of esters is 2. The average molecular weight is 740 g/mol. The molecule has 2 N–H and O–H groups in total. The summed E-state index contributed by atoms with van der Waals surface area (Å²) in [7, 11) is 2.75. The molecular weight excluding hydrogens is 710 g/mol. The molecule has 0 spiro atoms. The van der Waals surface area contributed by atoms with Gasteiger partial charge in [0.05, 0.1) is 23.6 Å². The second-order valence-electron chi connectivity index (χ2n) is 11.6. The molecule has 8 aromatic rings. The molecule has 4 aromatic heterocycles. The Morgan fingerprint density at radius 1 is 0.558 bits per heavy atom. The molecule has 8 rings (SSSR count). The zero-order chi connectivity index (χ0) is 36.2. The van der Waals surface area contributed by atoms with E-state index < -0.39 is 0 Å². The first kappa shape index (κ1) is 34.6. The van der Waals surface area contributed by atoms with Crippen molar-refractivity contribution < 1.29 is 19.1 Å². The number of rotatable bonds is 6. The molecule has 0 aliphatic heterocycles. The number of ether oxygens (including phenoxy) is 2. The van der Waals surface area contributed by atoms with Crippen molar-refractivity contribution in [3.63, 3.8) is 0 Å². The number of carbonyl (C=O) groups is 2. The highest BCUT2D eigenvalue weighted by atomic mass is 35.5. The maximum atomic E-state index is 11.9. The number of pyridine rings is 2. The van der Waals surface area contributed by atoms with Crippen molar-refractivity contribution in [2.75, 3.05) is 20.0 Å².